The molecule has 0 spiro atoms. The first-order valence-corrected chi connectivity index (χ1v) is 23.2. The van der Waals surface area contributed by atoms with Crippen LogP contribution < -0.4 is 21.7 Å². The summed E-state index contributed by atoms with van der Waals surface area (Å²) in [6.45, 7) is 1.72. The van der Waals surface area contributed by atoms with E-state index in [-0.39, 0.29) is 54.5 Å². The minimum absolute atomic E-state index is 0.102. The summed E-state index contributed by atoms with van der Waals surface area (Å²) in [5.74, 6) is -2.27. The van der Waals surface area contributed by atoms with Gasteiger partial charge in [0, 0.05) is 82.4 Å². The van der Waals surface area contributed by atoms with Crippen LogP contribution in [0.15, 0.2) is 96.2 Å². The van der Waals surface area contributed by atoms with Gasteiger partial charge < -0.3 is 26.0 Å². The van der Waals surface area contributed by atoms with Crippen LogP contribution in [-0.2, 0) is 38.8 Å². The van der Waals surface area contributed by atoms with E-state index < -0.39 is 23.6 Å². The van der Waals surface area contributed by atoms with Crippen LogP contribution in [-0.4, -0.2) is 84.5 Å². The maximum atomic E-state index is 15.0. The second kappa shape index (κ2) is 20.9. The third-order valence-electron chi connectivity index (χ3n) is 12.2. The lowest BCUT2D eigenvalue weighted by Crippen LogP contribution is -2.52. The zero-order valence-corrected chi connectivity index (χ0v) is 38.1. The Kier molecular flexibility index (Phi) is 14.2. The number of amides is 4. The van der Waals surface area contributed by atoms with E-state index in [4.69, 9.17) is 27.1 Å². The van der Waals surface area contributed by atoms with Gasteiger partial charge in [-0.25, -0.2) is 18.7 Å². The molecule has 2 unspecified atom stereocenters. The summed E-state index contributed by atoms with van der Waals surface area (Å²) in [5, 5.41) is 17.5. The Morgan fingerprint density at radius 3 is 2.49 bits per heavy atom. The summed E-state index contributed by atoms with van der Waals surface area (Å²) >= 11 is 6.37. The molecule has 5 heterocycles. The molecule has 5 N–H and O–H groups in total. The van der Waals surface area contributed by atoms with Crippen molar-refractivity contribution in [3.8, 4) is 22.5 Å². The number of carbonyl (C=O) groups is 4. The van der Waals surface area contributed by atoms with Gasteiger partial charge in [-0.3, -0.25) is 34.2 Å². The summed E-state index contributed by atoms with van der Waals surface area (Å²) < 4.78 is 37.5. The van der Waals surface area contributed by atoms with Crippen molar-refractivity contribution in [2.75, 3.05) is 23.8 Å². The quantitative estimate of drug-likeness (QED) is 0.0489. The summed E-state index contributed by atoms with van der Waals surface area (Å²) in [6.07, 6.45) is 8.78. The number of nitrogens with one attached hydrogen (secondary N) is 3. The molecule has 1 fully saturated rings. The van der Waals surface area contributed by atoms with Crippen molar-refractivity contribution in [1.82, 2.24) is 35.2 Å². The molecule has 2 atom stereocenters. The predicted molar refractivity (Wildman–Crippen MR) is 255 cm³/mol. The monoisotopic (exact) mass is 955 g/mol. The molecule has 0 aliphatic carbocycles. The van der Waals surface area contributed by atoms with E-state index >= 15 is 0 Å². The number of ether oxygens (including phenoxy) is 1. The number of hydrogen-bond acceptors (Lipinski definition) is 12. The highest BCUT2D eigenvalue weighted by atomic mass is 35.5. The van der Waals surface area contributed by atoms with Gasteiger partial charge in [-0.1, -0.05) is 60.3 Å². The Labute approximate surface area is 400 Å². The zero-order valence-electron chi connectivity index (χ0n) is 37.4. The molecule has 19 heteroatoms. The van der Waals surface area contributed by atoms with Gasteiger partial charge in [-0.15, -0.1) is 5.10 Å². The number of aliphatic imine (C=N–C) groups is 1. The van der Waals surface area contributed by atoms with E-state index in [1.54, 1.807) is 47.3 Å². The Morgan fingerprint density at radius 1 is 0.913 bits per heavy atom. The molecule has 0 bridgehead atoms. The van der Waals surface area contributed by atoms with E-state index in [0.29, 0.717) is 82.9 Å². The van der Waals surface area contributed by atoms with Gasteiger partial charge in [-0.2, -0.15) is 0 Å². The van der Waals surface area contributed by atoms with Crippen molar-refractivity contribution in [2.45, 2.75) is 83.1 Å². The second-order valence-corrected chi connectivity index (χ2v) is 17.7. The van der Waals surface area contributed by atoms with Crippen molar-refractivity contribution in [3.05, 3.63) is 136 Å². The number of nitrogens with two attached hydrogens (primary N) is 1. The normalized spacial score (nSPS) is 15.7. The number of nitrogens with zero attached hydrogens (tertiary/aromatic N) is 7. The molecule has 69 heavy (non-hydrogen) atoms. The minimum atomic E-state index is -0.726. The summed E-state index contributed by atoms with van der Waals surface area (Å²) in [5.41, 5.74) is 12.7. The first-order valence-electron chi connectivity index (χ1n) is 22.8. The van der Waals surface area contributed by atoms with Gasteiger partial charge >= 0.3 is 0 Å². The molecule has 0 saturated carbocycles. The van der Waals surface area contributed by atoms with E-state index in [2.05, 4.69) is 36.2 Å². The number of rotatable bonds is 18. The fraction of sp³-hybridized carbons (Fsp3) is 0.300. The molecule has 354 valence electrons. The standard InChI is InChI=1S/C50H48ClF2N11O5/c51-32-12-16-37-38(22-32)47(45-39(52)7-6-8-40(45)53)55-23-31-24-56-50(60-46(31)37)58-34-13-10-29(11-14-34)41-27-63(62-61-41)26-33(54)28-69-20-5-3-1-2-4-9-43(65)57-35-15-17-36-30(21-35)25-64(49(36)68)42-18-19-44(66)59-48(42)67/h6-8,10-17,21-22,24,27,33,42H,1-5,9,18-20,23,25-26,28,54H2,(H,57,65)(H,56,58,60)(H,59,66,67). The van der Waals surface area contributed by atoms with E-state index in [0.717, 1.165) is 48.9 Å². The largest absolute Gasteiger partial charge is 0.380 e. The highest BCUT2D eigenvalue weighted by molar-refractivity contribution is 6.31. The molecule has 6 aromatic rings. The van der Waals surface area contributed by atoms with Crippen LogP contribution in [0.25, 0.3) is 22.5 Å². The van der Waals surface area contributed by atoms with Gasteiger partial charge in [0.1, 0.15) is 23.4 Å². The third kappa shape index (κ3) is 10.9. The lowest BCUT2D eigenvalue weighted by Gasteiger charge is -2.29. The predicted octanol–water partition coefficient (Wildman–Crippen LogP) is 7.51. The highest BCUT2D eigenvalue weighted by Crippen LogP contribution is 2.35. The van der Waals surface area contributed by atoms with Crippen molar-refractivity contribution in [3.63, 3.8) is 0 Å². The Bertz CT molecular complexity index is 2950. The molecule has 3 aliphatic rings. The van der Waals surface area contributed by atoms with Crippen LogP contribution in [0, 0.1) is 11.6 Å². The number of anilines is 3. The number of fused-ring (bicyclic) bond motifs is 4. The smallest absolute Gasteiger partial charge is 0.255 e. The van der Waals surface area contributed by atoms with Gasteiger partial charge in [0.05, 0.1) is 42.9 Å². The number of benzene rings is 4. The van der Waals surface area contributed by atoms with Crippen LogP contribution in [0.2, 0.25) is 5.02 Å². The van der Waals surface area contributed by atoms with Crippen LogP contribution in [0.1, 0.15) is 84.0 Å². The number of piperidine rings is 1. The summed E-state index contributed by atoms with van der Waals surface area (Å²) in [4.78, 5) is 64.9. The molecule has 16 nitrogen and oxygen atoms in total. The van der Waals surface area contributed by atoms with Crippen LogP contribution in [0.3, 0.4) is 0 Å². The number of hydrogen-bond donors (Lipinski definition) is 4. The molecule has 3 aliphatic heterocycles. The Balaban J connectivity index is 0.674. The number of unbranched alkanes of at least 4 members (excludes halogenated alkanes) is 4. The number of imide groups is 1. The maximum absolute atomic E-state index is 15.0. The molecule has 0 radical (unpaired) electrons. The fourth-order valence-electron chi connectivity index (χ4n) is 8.72. The molecular formula is C50H48ClF2N11O5. The van der Waals surface area contributed by atoms with Crippen molar-refractivity contribution >= 4 is 58.3 Å². The second-order valence-electron chi connectivity index (χ2n) is 17.2. The van der Waals surface area contributed by atoms with Crippen molar-refractivity contribution in [1.29, 1.82) is 0 Å². The Morgan fingerprint density at radius 2 is 1.68 bits per heavy atom. The van der Waals surface area contributed by atoms with E-state index in [1.165, 1.54) is 23.1 Å². The Hall–Kier alpha value is -7.28. The lowest BCUT2D eigenvalue weighted by atomic mass is 9.95. The first kappa shape index (κ1) is 46.8. The lowest BCUT2D eigenvalue weighted by molar-refractivity contribution is -0.137. The summed E-state index contributed by atoms with van der Waals surface area (Å²) in [6, 6.07) is 20.5. The summed E-state index contributed by atoms with van der Waals surface area (Å²) in [7, 11) is 0. The molecule has 1 saturated heterocycles. The van der Waals surface area contributed by atoms with Crippen LogP contribution >= 0.6 is 11.6 Å². The van der Waals surface area contributed by atoms with Crippen LogP contribution in [0.4, 0.5) is 26.1 Å². The molecule has 2 aromatic heterocycles. The van der Waals surface area contributed by atoms with Gasteiger partial charge in [0.2, 0.25) is 23.7 Å². The average molecular weight is 956 g/mol. The van der Waals surface area contributed by atoms with Gasteiger partial charge in [0.25, 0.3) is 5.91 Å². The molecule has 9 rings (SSSR count). The SMILES string of the molecule is NC(COCCCCCCCC(=O)Nc1ccc2c(c1)CN(C1CCC(=O)NC1=O)C2=O)Cn1cc(-c2ccc(Nc3ncc4c(n3)-c3ccc(Cl)cc3C(c3c(F)cccc3F)=NC4)cc2)nn1. The average Bonchev–Trinajstić information content (AvgIpc) is 3.88. The number of halogens is 3. The van der Waals surface area contributed by atoms with Gasteiger partial charge in [-0.05, 0) is 79.4 Å². The minimum Gasteiger partial charge on any atom is -0.380 e. The number of carbonyl (C=O) groups excluding carboxylic acids is 4. The van der Waals surface area contributed by atoms with Gasteiger partial charge in [0.15, 0.2) is 0 Å². The first-order chi connectivity index (χ1) is 33.5. The van der Waals surface area contributed by atoms with Crippen molar-refractivity contribution < 1.29 is 32.7 Å². The zero-order chi connectivity index (χ0) is 48.0. The van der Waals surface area contributed by atoms with Crippen LogP contribution in [0.5, 0.6) is 0 Å². The topological polar surface area (TPSA) is 212 Å². The molecule has 4 amide bonds. The number of aromatic nitrogens is 5. The highest BCUT2D eigenvalue weighted by Gasteiger charge is 2.39. The molecular weight excluding hydrogens is 908 g/mol. The maximum Gasteiger partial charge on any atom is 0.255 e. The third-order valence-corrected chi connectivity index (χ3v) is 12.4. The van der Waals surface area contributed by atoms with Crippen molar-refractivity contribution in [2.24, 2.45) is 10.7 Å². The fourth-order valence-corrected chi connectivity index (χ4v) is 8.89. The molecule has 4 aromatic carbocycles. The van der Waals surface area contributed by atoms with E-state index in [9.17, 15) is 28.0 Å². The van der Waals surface area contributed by atoms with E-state index in [1.807, 2.05) is 30.5 Å².